The molecule has 0 fully saturated rings. The molecule has 2 N–H and O–H groups in total. The predicted octanol–water partition coefficient (Wildman–Crippen LogP) is 4.15. The summed E-state index contributed by atoms with van der Waals surface area (Å²) in [5, 5.41) is 3.35. The van der Waals surface area contributed by atoms with E-state index in [9.17, 15) is 0 Å². The lowest BCUT2D eigenvalue weighted by Gasteiger charge is -2.07. The van der Waals surface area contributed by atoms with E-state index in [1.165, 1.54) is 5.56 Å². The molecule has 0 aliphatic rings. The zero-order chi connectivity index (χ0) is 10.7. The molecule has 0 aliphatic carbocycles. The van der Waals surface area contributed by atoms with Crippen LogP contribution in [0.25, 0.3) is 0 Å². The van der Waals surface area contributed by atoms with Crippen molar-refractivity contribution in [2.45, 2.75) is 6.54 Å². The predicted molar refractivity (Wildman–Crippen MR) is 70.0 cm³/mol. The van der Waals surface area contributed by atoms with E-state index < -0.39 is 0 Å². The van der Waals surface area contributed by atoms with E-state index in [4.69, 9.17) is 0 Å². The van der Waals surface area contributed by atoms with Crippen molar-refractivity contribution >= 4 is 37.5 Å². The second-order valence-electron chi connectivity index (χ2n) is 3.20. The molecule has 2 rings (SSSR count). The van der Waals surface area contributed by atoms with Gasteiger partial charge >= 0.3 is 0 Å². The molecular weight excluding hydrogens is 320 g/mol. The first kappa shape index (κ1) is 10.8. The normalized spacial score (nSPS) is 10.3. The minimum absolute atomic E-state index is 0.823. The minimum Gasteiger partial charge on any atom is -0.380 e. The first-order chi connectivity index (χ1) is 7.25. The molecule has 15 heavy (non-hydrogen) atoms. The van der Waals surface area contributed by atoms with Gasteiger partial charge in [-0.05, 0) is 45.8 Å². The largest absolute Gasteiger partial charge is 0.380 e. The molecule has 1 aromatic heterocycles. The molecule has 78 valence electrons. The number of nitrogens with one attached hydrogen (secondary N) is 2. The van der Waals surface area contributed by atoms with Gasteiger partial charge in [0.2, 0.25) is 0 Å². The molecule has 1 heterocycles. The summed E-state index contributed by atoms with van der Waals surface area (Å²) < 4.78 is 2.13. The van der Waals surface area contributed by atoms with Crippen molar-refractivity contribution in [2.75, 3.05) is 5.32 Å². The van der Waals surface area contributed by atoms with Gasteiger partial charge in [0.1, 0.15) is 0 Å². The van der Waals surface area contributed by atoms with Gasteiger partial charge in [-0.25, -0.2) is 0 Å². The standard InChI is InChI=1S/C11H10Br2N2/c12-9-1-2-11(10(13)5-9)15-7-8-3-4-14-6-8/h1-6,14-15H,7H2. The Morgan fingerprint density at radius 2 is 2.07 bits per heavy atom. The Morgan fingerprint density at radius 3 is 2.73 bits per heavy atom. The summed E-state index contributed by atoms with van der Waals surface area (Å²) in [7, 11) is 0. The average molecular weight is 330 g/mol. The molecule has 2 aromatic rings. The highest BCUT2D eigenvalue weighted by Crippen LogP contribution is 2.26. The minimum atomic E-state index is 0.823. The van der Waals surface area contributed by atoms with Crippen LogP contribution < -0.4 is 5.32 Å². The van der Waals surface area contributed by atoms with Crippen molar-refractivity contribution in [1.82, 2.24) is 4.98 Å². The first-order valence-corrected chi connectivity index (χ1v) is 6.15. The maximum atomic E-state index is 3.51. The molecule has 1 aromatic carbocycles. The summed E-state index contributed by atoms with van der Waals surface area (Å²) in [5.74, 6) is 0. The summed E-state index contributed by atoms with van der Waals surface area (Å²) in [6.07, 6.45) is 3.91. The maximum Gasteiger partial charge on any atom is 0.0488 e. The third-order valence-corrected chi connectivity index (χ3v) is 3.23. The van der Waals surface area contributed by atoms with Crippen LogP contribution in [-0.4, -0.2) is 4.98 Å². The lowest BCUT2D eigenvalue weighted by Crippen LogP contribution is -1.98. The van der Waals surface area contributed by atoms with Gasteiger partial charge in [0.15, 0.2) is 0 Å². The Balaban J connectivity index is 2.05. The van der Waals surface area contributed by atoms with Crippen LogP contribution >= 0.6 is 31.9 Å². The highest BCUT2D eigenvalue weighted by molar-refractivity contribution is 9.11. The Hall–Kier alpha value is -0.740. The number of aromatic nitrogens is 1. The van der Waals surface area contributed by atoms with Crippen molar-refractivity contribution in [3.63, 3.8) is 0 Å². The highest BCUT2D eigenvalue weighted by Gasteiger charge is 2.00. The zero-order valence-corrected chi connectivity index (χ0v) is 11.1. The third-order valence-electron chi connectivity index (χ3n) is 2.08. The van der Waals surface area contributed by atoms with Crippen molar-refractivity contribution < 1.29 is 0 Å². The van der Waals surface area contributed by atoms with Gasteiger partial charge in [-0.2, -0.15) is 0 Å². The van der Waals surface area contributed by atoms with Gasteiger partial charge in [-0.15, -0.1) is 0 Å². The van der Waals surface area contributed by atoms with Crippen LogP contribution in [0.5, 0.6) is 0 Å². The number of hydrogen-bond acceptors (Lipinski definition) is 1. The van der Waals surface area contributed by atoms with Gasteiger partial charge in [0.05, 0.1) is 0 Å². The van der Waals surface area contributed by atoms with Crippen LogP contribution in [-0.2, 0) is 6.54 Å². The Morgan fingerprint density at radius 1 is 1.20 bits per heavy atom. The molecule has 0 saturated heterocycles. The van der Waals surface area contributed by atoms with Gasteiger partial charge in [-0.3, -0.25) is 0 Å². The molecule has 0 bridgehead atoms. The molecule has 0 radical (unpaired) electrons. The Kier molecular flexibility index (Phi) is 3.49. The fraction of sp³-hybridized carbons (Fsp3) is 0.0909. The van der Waals surface area contributed by atoms with Gasteiger partial charge in [0.25, 0.3) is 0 Å². The van der Waals surface area contributed by atoms with Crippen LogP contribution in [0.2, 0.25) is 0 Å². The lowest BCUT2D eigenvalue weighted by molar-refractivity contribution is 1.15. The number of hydrogen-bond donors (Lipinski definition) is 2. The summed E-state index contributed by atoms with van der Waals surface area (Å²) in [6.45, 7) is 0.823. The molecule has 4 heteroatoms. The van der Waals surface area contributed by atoms with Gasteiger partial charge in [0, 0.05) is 33.6 Å². The molecular formula is C11H10Br2N2. The third kappa shape index (κ3) is 2.86. The van der Waals surface area contributed by atoms with Crippen LogP contribution in [0, 0.1) is 0 Å². The fourth-order valence-corrected chi connectivity index (χ4v) is 2.49. The highest BCUT2D eigenvalue weighted by atomic mass is 79.9. The molecule has 2 nitrogen and oxygen atoms in total. The number of anilines is 1. The number of rotatable bonds is 3. The average Bonchev–Trinajstić information content (AvgIpc) is 2.69. The summed E-state index contributed by atoms with van der Waals surface area (Å²) in [4.78, 5) is 3.03. The second-order valence-corrected chi connectivity index (χ2v) is 4.97. The Labute approximate surface area is 105 Å². The van der Waals surface area contributed by atoms with Crippen LogP contribution in [0.4, 0.5) is 5.69 Å². The van der Waals surface area contributed by atoms with Crippen molar-refractivity contribution in [2.24, 2.45) is 0 Å². The maximum absolute atomic E-state index is 3.51. The fourth-order valence-electron chi connectivity index (χ4n) is 1.30. The lowest BCUT2D eigenvalue weighted by atomic mass is 10.3. The topological polar surface area (TPSA) is 27.8 Å². The number of H-pyrrole nitrogens is 1. The molecule has 0 saturated carbocycles. The number of halogens is 2. The zero-order valence-electron chi connectivity index (χ0n) is 7.93. The molecule has 0 amide bonds. The first-order valence-electron chi connectivity index (χ1n) is 4.56. The summed E-state index contributed by atoms with van der Waals surface area (Å²) in [6, 6.07) is 8.14. The van der Waals surface area contributed by atoms with Crippen LogP contribution in [0.1, 0.15) is 5.56 Å². The van der Waals surface area contributed by atoms with Crippen molar-refractivity contribution in [3.05, 3.63) is 51.2 Å². The van der Waals surface area contributed by atoms with E-state index in [1.54, 1.807) is 0 Å². The number of benzene rings is 1. The van der Waals surface area contributed by atoms with E-state index >= 15 is 0 Å². The molecule has 0 spiro atoms. The van der Waals surface area contributed by atoms with E-state index in [0.29, 0.717) is 0 Å². The van der Waals surface area contributed by atoms with E-state index in [-0.39, 0.29) is 0 Å². The van der Waals surface area contributed by atoms with Crippen LogP contribution in [0.15, 0.2) is 45.6 Å². The van der Waals surface area contributed by atoms with Crippen LogP contribution in [0.3, 0.4) is 0 Å². The van der Waals surface area contributed by atoms with Crippen molar-refractivity contribution in [1.29, 1.82) is 0 Å². The van der Waals surface area contributed by atoms with Crippen molar-refractivity contribution in [3.8, 4) is 0 Å². The smallest absolute Gasteiger partial charge is 0.0488 e. The van der Waals surface area contributed by atoms with E-state index in [2.05, 4.69) is 48.2 Å². The molecule has 0 unspecified atom stereocenters. The monoisotopic (exact) mass is 328 g/mol. The summed E-state index contributed by atoms with van der Waals surface area (Å²) >= 11 is 6.93. The SMILES string of the molecule is Brc1ccc(NCc2cc[nH]c2)c(Br)c1. The second kappa shape index (κ2) is 4.86. The Bertz CT molecular complexity index is 438. The molecule has 0 aliphatic heterocycles. The quantitative estimate of drug-likeness (QED) is 0.869. The number of aromatic amines is 1. The van der Waals surface area contributed by atoms with E-state index in [0.717, 1.165) is 21.2 Å². The summed E-state index contributed by atoms with van der Waals surface area (Å²) in [5.41, 5.74) is 2.34. The van der Waals surface area contributed by atoms with E-state index in [1.807, 2.05) is 30.6 Å². The molecule has 0 atom stereocenters. The van der Waals surface area contributed by atoms with Gasteiger partial charge in [-0.1, -0.05) is 15.9 Å². The van der Waals surface area contributed by atoms with Gasteiger partial charge < -0.3 is 10.3 Å².